The molecule has 2 rings (SSSR count). The van der Waals surface area contributed by atoms with E-state index in [1.54, 1.807) is 6.21 Å². The van der Waals surface area contributed by atoms with E-state index in [-0.39, 0.29) is 12.3 Å². The van der Waals surface area contributed by atoms with Crippen LogP contribution in [0.4, 0.5) is 4.79 Å². The Balaban J connectivity index is 1.91. The molecule has 114 valence electrons. The first-order valence-electron chi connectivity index (χ1n) is 6.27. The van der Waals surface area contributed by atoms with Crippen LogP contribution in [0, 0.1) is 0 Å². The monoisotopic (exact) mass is 319 g/mol. The van der Waals surface area contributed by atoms with E-state index in [1.807, 2.05) is 35.6 Å². The van der Waals surface area contributed by atoms with Crippen molar-refractivity contribution in [3.63, 3.8) is 0 Å². The highest BCUT2D eigenvalue weighted by molar-refractivity contribution is 8.15. The lowest BCUT2D eigenvalue weighted by atomic mass is 10.2. The second-order valence-electron chi connectivity index (χ2n) is 4.27. The molecule has 0 aliphatic carbocycles. The summed E-state index contributed by atoms with van der Waals surface area (Å²) in [5, 5.41) is 11.8. The summed E-state index contributed by atoms with van der Waals surface area (Å²) in [5.74, 6) is -0.979. The van der Waals surface area contributed by atoms with E-state index in [9.17, 15) is 14.4 Å². The van der Waals surface area contributed by atoms with Crippen molar-refractivity contribution in [2.45, 2.75) is 11.7 Å². The van der Waals surface area contributed by atoms with Crippen LogP contribution < -0.4 is 16.4 Å². The second-order valence-corrected chi connectivity index (χ2v) is 5.46. The van der Waals surface area contributed by atoms with E-state index in [0.29, 0.717) is 5.17 Å². The third kappa shape index (κ3) is 4.70. The van der Waals surface area contributed by atoms with Crippen LogP contribution in [-0.2, 0) is 9.59 Å². The Morgan fingerprint density at radius 1 is 1.36 bits per heavy atom. The van der Waals surface area contributed by atoms with E-state index in [1.165, 1.54) is 0 Å². The molecule has 1 saturated heterocycles. The lowest BCUT2D eigenvalue weighted by Gasteiger charge is -2.03. The maximum atomic E-state index is 11.7. The van der Waals surface area contributed by atoms with Crippen molar-refractivity contribution < 1.29 is 14.4 Å². The Kier molecular flexibility index (Phi) is 5.26. The summed E-state index contributed by atoms with van der Waals surface area (Å²) in [6.07, 6.45) is 1.38. The summed E-state index contributed by atoms with van der Waals surface area (Å²) >= 11 is 1.07. The first-order valence-corrected chi connectivity index (χ1v) is 7.15. The fraction of sp³-hybridized carbons (Fsp3) is 0.154. The van der Waals surface area contributed by atoms with Crippen LogP contribution >= 0.6 is 11.8 Å². The first-order chi connectivity index (χ1) is 10.5. The van der Waals surface area contributed by atoms with Gasteiger partial charge in [0.2, 0.25) is 11.8 Å². The molecule has 1 aromatic carbocycles. The smallest absolute Gasteiger partial charge is 0.318 e. The van der Waals surface area contributed by atoms with Gasteiger partial charge in [0.05, 0.1) is 6.21 Å². The minimum Gasteiger partial charge on any atom is -0.351 e. The molecule has 1 aliphatic heterocycles. The number of nitrogens with zero attached hydrogens (tertiary/aromatic N) is 2. The summed E-state index contributed by atoms with van der Waals surface area (Å²) in [5.41, 5.74) is 5.70. The zero-order chi connectivity index (χ0) is 15.9. The summed E-state index contributed by atoms with van der Waals surface area (Å²) in [6, 6.07) is 8.40. The molecule has 1 aromatic rings. The van der Waals surface area contributed by atoms with E-state index < -0.39 is 17.2 Å². The summed E-state index contributed by atoms with van der Waals surface area (Å²) in [7, 11) is 0. The Morgan fingerprint density at radius 3 is 2.77 bits per heavy atom. The predicted molar refractivity (Wildman–Crippen MR) is 83.3 cm³/mol. The number of carbonyl (C=O) groups excluding carboxylic acids is 3. The molecular weight excluding hydrogens is 306 g/mol. The summed E-state index contributed by atoms with van der Waals surface area (Å²) in [4.78, 5) is 33.6. The largest absolute Gasteiger partial charge is 0.351 e. The maximum absolute atomic E-state index is 11.7. The van der Waals surface area contributed by atoms with Crippen molar-refractivity contribution in [1.82, 2.24) is 10.6 Å². The number of primary amides is 1. The molecule has 1 atom stereocenters. The highest BCUT2D eigenvalue weighted by atomic mass is 32.2. The van der Waals surface area contributed by atoms with Gasteiger partial charge in [-0.15, -0.1) is 5.10 Å². The van der Waals surface area contributed by atoms with E-state index in [2.05, 4.69) is 15.5 Å². The van der Waals surface area contributed by atoms with E-state index in [0.717, 1.165) is 17.3 Å². The van der Waals surface area contributed by atoms with Crippen LogP contribution in [0.15, 0.2) is 40.5 Å². The van der Waals surface area contributed by atoms with Gasteiger partial charge in [0.1, 0.15) is 5.25 Å². The average Bonchev–Trinajstić information content (AvgIpc) is 2.79. The standard InChI is InChI=1S/C13H13N5O3S/c14-12(21)16-10(19)6-9-11(20)17-13(22-9)18-15-7-8-4-2-1-3-5-8/h1-5,7,9H,6H2,(H,17,18,20)(H3,14,16,19,21)/b15-7-. The molecule has 4 N–H and O–H groups in total. The number of amidine groups is 1. The number of nitrogens with one attached hydrogen (secondary N) is 2. The number of amides is 4. The van der Waals surface area contributed by atoms with Gasteiger partial charge in [0.15, 0.2) is 5.17 Å². The Bertz CT molecular complexity index is 644. The van der Waals surface area contributed by atoms with Crippen LogP contribution in [0.3, 0.4) is 0 Å². The highest BCUT2D eigenvalue weighted by Crippen LogP contribution is 2.22. The molecule has 0 radical (unpaired) electrons. The Hall–Kier alpha value is -2.68. The number of carbonyl (C=O) groups is 3. The number of thioether (sulfide) groups is 1. The van der Waals surface area contributed by atoms with Gasteiger partial charge in [-0.3, -0.25) is 14.9 Å². The molecule has 1 fully saturated rings. The first kappa shape index (κ1) is 15.7. The lowest BCUT2D eigenvalue weighted by molar-refractivity contribution is -0.124. The molecule has 0 saturated carbocycles. The number of nitrogens with two attached hydrogens (primary N) is 1. The fourth-order valence-corrected chi connectivity index (χ4v) is 2.55. The van der Waals surface area contributed by atoms with Gasteiger partial charge >= 0.3 is 6.03 Å². The minimum absolute atomic E-state index is 0.166. The number of benzene rings is 1. The van der Waals surface area contributed by atoms with Crippen LogP contribution in [-0.4, -0.2) is 34.5 Å². The molecule has 0 aromatic heterocycles. The quantitative estimate of drug-likeness (QED) is 0.541. The molecule has 1 unspecified atom stereocenters. The maximum Gasteiger partial charge on any atom is 0.318 e. The normalized spacial score (nSPS) is 19.4. The number of urea groups is 1. The van der Waals surface area contributed by atoms with Crippen molar-refractivity contribution in [1.29, 1.82) is 0 Å². The van der Waals surface area contributed by atoms with Crippen LogP contribution in [0.2, 0.25) is 0 Å². The van der Waals surface area contributed by atoms with E-state index in [4.69, 9.17) is 5.73 Å². The van der Waals surface area contributed by atoms with Crippen molar-refractivity contribution in [3.8, 4) is 0 Å². The Labute approximate surface area is 130 Å². The van der Waals surface area contributed by atoms with Gasteiger partial charge in [0, 0.05) is 6.42 Å². The van der Waals surface area contributed by atoms with E-state index >= 15 is 0 Å². The van der Waals surface area contributed by atoms with Gasteiger partial charge in [-0.2, -0.15) is 5.10 Å². The number of rotatable bonds is 4. The van der Waals surface area contributed by atoms with Gasteiger partial charge in [-0.05, 0) is 5.56 Å². The van der Waals surface area contributed by atoms with Gasteiger partial charge in [-0.25, -0.2) is 4.79 Å². The van der Waals surface area contributed by atoms with Crippen LogP contribution in [0.1, 0.15) is 12.0 Å². The molecule has 8 nitrogen and oxygen atoms in total. The number of imide groups is 1. The molecule has 9 heteroatoms. The molecule has 0 bridgehead atoms. The summed E-state index contributed by atoms with van der Waals surface area (Å²) in [6.45, 7) is 0. The average molecular weight is 319 g/mol. The molecule has 4 amide bonds. The topological polar surface area (TPSA) is 126 Å². The van der Waals surface area contributed by atoms with Gasteiger partial charge < -0.3 is 11.1 Å². The molecule has 0 spiro atoms. The molecule has 22 heavy (non-hydrogen) atoms. The number of hydrogen-bond donors (Lipinski definition) is 3. The molecule has 1 heterocycles. The Morgan fingerprint density at radius 2 is 2.09 bits per heavy atom. The van der Waals surface area contributed by atoms with Gasteiger partial charge in [0.25, 0.3) is 0 Å². The molecule has 1 aliphatic rings. The van der Waals surface area contributed by atoms with Crippen molar-refractivity contribution in [3.05, 3.63) is 35.9 Å². The zero-order valence-electron chi connectivity index (χ0n) is 11.4. The van der Waals surface area contributed by atoms with Crippen LogP contribution in [0.5, 0.6) is 0 Å². The predicted octanol–water partition coefficient (Wildman–Crippen LogP) is 0.193. The van der Waals surface area contributed by atoms with Crippen molar-refractivity contribution in [2.24, 2.45) is 15.9 Å². The zero-order valence-corrected chi connectivity index (χ0v) is 12.2. The third-order valence-electron chi connectivity index (χ3n) is 2.56. The highest BCUT2D eigenvalue weighted by Gasteiger charge is 2.32. The summed E-state index contributed by atoms with van der Waals surface area (Å²) < 4.78 is 0. The lowest BCUT2D eigenvalue weighted by Crippen LogP contribution is -2.37. The van der Waals surface area contributed by atoms with Crippen molar-refractivity contribution >= 4 is 41.0 Å². The number of hydrogen-bond acceptors (Lipinski definition) is 6. The van der Waals surface area contributed by atoms with Crippen molar-refractivity contribution in [2.75, 3.05) is 0 Å². The minimum atomic E-state index is -0.949. The fourth-order valence-electron chi connectivity index (χ4n) is 1.63. The second kappa shape index (κ2) is 7.36. The SMILES string of the molecule is NC(=O)NC(=O)CC1S/C(=N\N=C/c2ccccc2)NC1=O. The van der Waals surface area contributed by atoms with Gasteiger partial charge in [-0.1, -0.05) is 42.1 Å². The molecular formula is C13H13N5O3S. The van der Waals surface area contributed by atoms with Crippen LogP contribution in [0.25, 0.3) is 0 Å². The third-order valence-corrected chi connectivity index (χ3v) is 3.64.